The maximum Gasteiger partial charge on any atom is 0.331 e. The summed E-state index contributed by atoms with van der Waals surface area (Å²) in [5.74, 6) is -0.928. The van der Waals surface area contributed by atoms with Crippen LogP contribution in [0.4, 0.5) is 4.79 Å². The van der Waals surface area contributed by atoms with Gasteiger partial charge < -0.3 is 0 Å². The molecule has 4 amide bonds. The molecule has 2 heterocycles. The molecule has 1 aromatic rings. The van der Waals surface area contributed by atoms with Gasteiger partial charge in [-0.15, -0.1) is 0 Å². The normalized spacial score (nSPS) is 17.9. The van der Waals surface area contributed by atoms with Gasteiger partial charge in [0.2, 0.25) is 11.8 Å². The molecule has 0 radical (unpaired) electrons. The Bertz CT molecular complexity index is 576. The zero-order chi connectivity index (χ0) is 15.6. The average molecular weight is 289 g/mol. The highest BCUT2D eigenvalue weighted by Crippen LogP contribution is 2.32. The van der Waals surface area contributed by atoms with Crippen molar-refractivity contribution in [2.75, 3.05) is 0 Å². The number of hydrogen-bond acceptors (Lipinski definition) is 4. The van der Waals surface area contributed by atoms with E-state index in [4.69, 9.17) is 0 Å². The molecule has 1 aliphatic heterocycles. The summed E-state index contributed by atoms with van der Waals surface area (Å²) in [6, 6.07) is 2.97. The number of aryl methyl sites for hydroxylation is 1. The van der Waals surface area contributed by atoms with Crippen LogP contribution in [0.15, 0.2) is 18.3 Å². The van der Waals surface area contributed by atoms with Crippen molar-refractivity contribution in [2.24, 2.45) is 5.41 Å². The Morgan fingerprint density at radius 3 is 2.38 bits per heavy atom. The van der Waals surface area contributed by atoms with Crippen molar-refractivity contribution in [3.63, 3.8) is 0 Å². The molecule has 1 aromatic heterocycles. The summed E-state index contributed by atoms with van der Waals surface area (Å²) in [6.07, 6.45) is 2.36. The van der Waals surface area contributed by atoms with Crippen LogP contribution < -0.4 is 5.32 Å². The lowest BCUT2D eigenvalue weighted by molar-refractivity contribution is -0.152. The Hall–Kier alpha value is -2.24. The number of carbonyl (C=O) groups excluding carboxylic acids is 3. The monoisotopic (exact) mass is 289 g/mol. The molecule has 0 unspecified atom stereocenters. The zero-order valence-corrected chi connectivity index (χ0v) is 12.5. The first-order valence-electron chi connectivity index (χ1n) is 7.03. The van der Waals surface area contributed by atoms with E-state index in [1.807, 2.05) is 19.1 Å². The van der Waals surface area contributed by atoms with Gasteiger partial charge in [-0.05, 0) is 31.4 Å². The van der Waals surface area contributed by atoms with Crippen LogP contribution in [0, 0.1) is 12.3 Å². The number of aromatic nitrogens is 1. The van der Waals surface area contributed by atoms with E-state index in [9.17, 15) is 14.4 Å². The molecule has 0 bridgehead atoms. The molecule has 21 heavy (non-hydrogen) atoms. The van der Waals surface area contributed by atoms with Gasteiger partial charge in [-0.2, -0.15) is 0 Å². The first kappa shape index (κ1) is 15.2. The molecule has 0 atom stereocenters. The first-order valence-corrected chi connectivity index (χ1v) is 7.03. The Kier molecular flexibility index (Phi) is 4.06. The van der Waals surface area contributed by atoms with Gasteiger partial charge in [-0.1, -0.05) is 19.9 Å². The van der Waals surface area contributed by atoms with E-state index in [2.05, 4.69) is 10.3 Å². The minimum absolute atomic E-state index is 0.118. The number of barbiturate groups is 1. The van der Waals surface area contributed by atoms with Crippen LogP contribution in [0.25, 0.3) is 0 Å². The third-order valence-corrected chi connectivity index (χ3v) is 4.08. The third kappa shape index (κ3) is 2.53. The maximum absolute atomic E-state index is 12.6. The lowest BCUT2D eigenvalue weighted by Crippen LogP contribution is -2.63. The Morgan fingerprint density at radius 1 is 1.19 bits per heavy atom. The van der Waals surface area contributed by atoms with Gasteiger partial charge in [-0.25, -0.2) is 4.79 Å². The van der Waals surface area contributed by atoms with Crippen molar-refractivity contribution >= 4 is 17.8 Å². The standard InChI is InChI=1S/C15H19N3O3/c1-4-15(5-2)12(19)17-14(21)18(13(15)20)9-11-7-6-10(3)16-8-11/h6-8H,4-5,9H2,1-3H3,(H,17,19,21). The molecular weight excluding hydrogens is 270 g/mol. The van der Waals surface area contributed by atoms with Crippen LogP contribution in [0.5, 0.6) is 0 Å². The topological polar surface area (TPSA) is 79.4 Å². The largest absolute Gasteiger partial charge is 0.331 e. The fourth-order valence-corrected chi connectivity index (χ4v) is 2.52. The van der Waals surface area contributed by atoms with Crippen molar-refractivity contribution in [3.05, 3.63) is 29.6 Å². The summed E-state index contributed by atoms with van der Waals surface area (Å²) in [4.78, 5) is 41.9. The summed E-state index contributed by atoms with van der Waals surface area (Å²) in [6.45, 7) is 5.54. The number of amides is 4. The van der Waals surface area contributed by atoms with Gasteiger partial charge in [0.05, 0.1) is 6.54 Å². The Morgan fingerprint density at radius 2 is 1.86 bits per heavy atom. The highest BCUT2D eigenvalue weighted by atomic mass is 16.2. The van der Waals surface area contributed by atoms with Crippen LogP contribution >= 0.6 is 0 Å². The Labute approximate surface area is 123 Å². The highest BCUT2D eigenvalue weighted by molar-refractivity contribution is 6.19. The second-order valence-electron chi connectivity index (χ2n) is 5.25. The van der Waals surface area contributed by atoms with Crippen molar-refractivity contribution < 1.29 is 14.4 Å². The number of nitrogens with one attached hydrogen (secondary N) is 1. The van der Waals surface area contributed by atoms with Crippen LogP contribution in [0.1, 0.15) is 37.9 Å². The predicted octanol–water partition coefficient (Wildman–Crippen LogP) is 1.77. The zero-order valence-electron chi connectivity index (χ0n) is 12.5. The molecule has 0 spiro atoms. The molecule has 1 saturated heterocycles. The number of carbonyl (C=O) groups is 3. The third-order valence-electron chi connectivity index (χ3n) is 4.08. The minimum Gasteiger partial charge on any atom is -0.277 e. The summed E-state index contributed by atoms with van der Waals surface area (Å²) in [7, 11) is 0. The second-order valence-corrected chi connectivity index (χ2v) is 5.25. The Balaban J connectivity index is 2.29. The number of nitrogens with zero attached hydrogens (tertiary/aromatic N) is 2. The lowest BCUT2D eigenvalue weighted by Gasteiger charge is -2.38. The smallest absolute Gasteiger partial charge is 0.277 e. The van der Waals surface area contributed by atoms with Crippen LogP contribution in [-0.2, 0) is 16.1 Å². The van der Waals surface area contributed by atoms with E-state index in [0.29, 0.717) is 12.8 Å². The number of rotatable bonds is 4. The predicted molar refractivity (Wildman–Crippen MR) is 76.1 cm³/mol. The number of hydrogen-bond donors (Lipinski definition) is 1. The van der Waals surface area contributed by atoms with Gasteiger partial charge in [0.15, 0.2) is 0 Å². The average Bonchev–Trinajstić information content (AvgIpc) is 2.47. The first-order chi connectivity index (χ1) is 9.94. The van der Waals surface area contributed by atoms with Crippen LogP contribution in [0.2, 0.25) is 0 Å². The second kappa shape index (κ2) is 5.63. The van der Waals surface area contributed by atoms with Crippen LogP contribution in [0.3, 0.4) is 0 Å². The maximum atomic E-state index is 12.6. The lowest BCUT2D eigenvalue weighted by atomic mass is 9.78. The van der Waals surface area contributed by atoms with Crippen molar-refractivity contribution in [3.8, 4) is 0 Å². The number of imide groups is 2. The molecule has 112 valence electrons. The molecule has 6 nitrogen and oxygen atoms in total. The van der Waals surface area contributed by atoms with E-state index in [-0.39, 0.29) is 6.54 Å². The minimum atomic E-state index is -1.15. The molecule has 6 heteroatoms. The number of pyridine rings is 1. The summed E-state index contributed by atoms with van der Waals surface area (Å²) in [5, 5.41) is 2.29. The van der Waals surface area contributed by atoms with E-state index < -0.39 is 23.3 Å². The van der Waals surface area contributed by atoms with E-state index in [1.54, 1.807) is 20.0 Å². The SMILES string of the molecule is CCC1(CC)C(=O)NC(=O)N(Cc2ccc(C)nc2)C1=O. The molecule has 2 rings (SSSR count). The molecular formula is C15H19N3O3. The summed E-state index contributed by atoms with van der Waals surface area (Å²) >= 11 is 0. The van der Waals surface area contributed by atoms with E-state index in [0.717, 1.165) is 16.2 Å². The van der Waals surface area contributed by atoms with E-state index in [1.165, 1.54) is 0 Å². The summed E-state index contributed by atoms with van der Waals surface area (Å²) in [5.41, 5.74) is 0.464. The van der Waals surface area contributed by atoms with Gasteiger partial charge in [0, 0.05) is 11.9 Å². The highest BCUT2D eigenvalue weighted by Gasteiger charge is 2.51. The van der Waals surface area contributed by atoms with Crippen molar-refractivity contribution in [2.45, 2.75) is 40.2 Å². The quantitative estimate of drug-likeness (QED) is 0.857. The van der Waals surface area contributed by atoms with Gasteiger partial charge in [0.25, 0.3) is 0 Å². The summed E-state index contributed by atoms with van der Waals surface area (Å²) < 4.78 is 0. The van der Waals surface area contributed by atoms with Gasteiger partial charge >= 0.3 is 6.03 Å². The molecule has 0 aliphatic carbocycles. The molecule has 0 saturated carbocycles. The van der Waals surface area contributed by atoms with Crippen molar-refractivity contribution in [1.29, 1.82) is 0 Å². The van der Waals surface area contributed by atoms with Crippen LogP contribution in [-0.4, -0.2) is 27.7 Å². The van der Waals surface area contributed by atoms with Gasteiger partial charge in [0.1, 0.15) is 5.41 Å². The van der Waals surface area contributed by atoms with E-state index >= 15 is 0 Å². The molecule has 1 N–H and O–H groups in total. The fraction of sp³-hybridized carbons (Fsp3) is 0.467. The molecule has 1 fully saturated rings. The van der Waals surface area contributed by atoms with Gasteiger partial charge in [-0.3, -0.25) is 24.8 Å². The fourth-order valence-electron chi connectivity index (χ4n) is 2.52. The van der Waals surface area contributed by atoms with Crippen molar-refractivity contribution in [1.82, 2.24) is 15.2 Å². The molecule has 1 aliphatic rings. The number of urea groups is 1. The molecule has 0 aromatic carbocycles.